The Balaban J connectivity index is 2.14. The van der Waals surface area contributed by atoms with E-state index in [4.69, 9.17) is 9.47 Å². The molecule has 0 unspecified atom stereocenters. The van der Waals surface area contributed by atoms with Crippen LogP contribution in [0, 0.1) is 0 Å². The maximum Gasteiger partial charge on any atom is 0.164 e. The van der Waals surface area contributed by atoms with Crippen molar-refractivity contribution in [1.82, 2.24) is 14.8 Å². The lowest BCUT2D eigenvalue weighted by molar-refractivity contribution is 0.271. The molecular weight excluding hydrogens is 298 g/mol. The molecule has 5 nitrogen and oxygen atoms in total. The lowest BCUT2D eigenvalue weighted by Crippen LogP contribution is -2.05. The second kappa shape index (κ2) is 5.86. The first-order chi connectivity index (χ1) is 8.74. The number of aromatic nitrogens is 3. The summed E-state index contributed by atoms with van der Waals surface area (Å²) in [7, 11) is 3.45. The molecule has 0 saturated heterocycles. The van der Waals surface area contributed by atoms with E-state index in [1.165, 1.54) is 6.33 Å². The van der Waals surface area contributed by atoms with Gasteiger partial charge in [0.1, 0.15) is 12.9 Å². The Hall–Kier alpha value is -1.56. The summed E-state index contributed by atoms with van der Waals surface area (Å²) in [6, 6.07) is 5.83. The van der Waals surface area contributed by atoms with E-state index >= 15 is 0 Å². The Bertz CT molecular complexity index is 528. The van der Waals surface area contributed by atoms with Gasteiger partial charge in [-0.1, -0.05) is 22.0 Å². The van der Waals surface area contributed by atoms with Crippen molar-refractivity contribution in [3.63, 3.8) is 0 Å². The van der Waals surface area contributed by atoms with Gasteiger partial charge in [-0.3, -0.25) is 4.68 Å². The fraction of sp³-hybridized carbons (Fsp3) is 0.333. The summed E-state index contributed by atoms with van der Waals surface area (Å²) < 4.78 is 12.7. The van der Waals surface area contributed by atoms with Crippen molar-refractivity contribution in [3.05, 3.63) is 35.9 Å². The van der Waals surface area contributed by atoms with E-state index < -0.39 is 0 Å². The summed E-state index contributed by atoms with van der Waals surface area (Å²) in [5.41, 5.74) is 1.13. The third-order valence-electron chi connectivity index (χ3n) is 2.54. The molecule has 2 rings (SSSR count). The van der Waals surface area contributed by atoms with E-state index in [1.807, 2.05) is 25.2 Å². The van der Waals surface area contributed by atoms with Crippen LogP contribution in [0.25, 0.3) is 0 Å². The third kappa shape index (κ3) is 2.81. The molecule has 1 aromatic heterocycles. The largest absolute Gasteiger partial charge is 0.493 e. The molecule has 0 atom stereocenters. The SMILES string of the molecule is COc1ccc(CBr)cc1OCc1ncnn1C. The van der Waals surface area contributed by atoms with Gasteiger partial charge in [0.05, 0.1) is 7.11 Å². The lowest BCUT2D eigenvalue weighted by Gasteiger charge is -2.11. The Labute approximate surface area is 114 Å². The van der Waals surface area contributed by atoms with Crippen LogP contribution in [-0.4, -0.2) is 21.9 Å². The molecule has 0 aliphatic rings. The molecule has 0 bridgehead atoms. The van der Waals surface area contributed by atoms with Gasteiger partial charge < -0.3 is 9.47 Å². The van der Waals surface area contributed by atoms with Gasteiger partial charge in [0.2, 0.25) is 0 Å². The molecule has 18 heavy (non-hydrogen) atoms. The van der Waals surface area contributed by atoms with Crippen molar-refractivity contribution < 1.29 is 9.47 Å². The molecule has 2 aromatic rings. The molecule has 1 heterocycles. The molecule has 0 fully saturated rings. The monoisotopic (exact) mass is 311 g/mol. The van der Waals surface area contributed by atoms with Crippen LogP contribution in [0.2, 0.25) is 0 Å². The van der Waals surface area contributed by atoms with Crippen LogP contribution in [0.4, 0.5) is 0 Å². The number of halogens is 1. The van der Waals surface area contributed by atoms with Gasteiger partial charge in [-0.05, 0) is 17.7 Å². The second-order valence-electron chi connectivity index (χ2n) is 3.71. The van der Waals surface area contributed by atoms with Crippen LogP contribution >= 0.6 is 15.9 Å². The van der Waals surface area contributed by atoms with Crippen molar-refractivity contribution >= 4 is 15.9 Å². The Morgan fingerprint density at radius 3 is 2.78 bits per heavy atom. The number of methoxy groups -OCH3 is 1. The van der Waals surface area contributed by atoms with E-state index in [0.717, 1.165) is 16.7 Å². The predicted molar refractivity (Wildman–Crippen MR) is 71.0 cm³/mol. The number of hydrogen-bond donors (Lipinski definition) is 0. The smallest absolute Gasteiger partial charge is 0.164 e. The van der Waals surface area contributed by atoms with Crippen molar-refractivity contribution in [1.29, 1.82) is 0 Å². The standard InChI is InChI=1S/C12H14BrN3O2/c1-16-12(14-8-15-16)7-18-11-5-9(6-13)3-4-10(11)17-2/h3-5,8H,6-7H2,1-2H3. The van der Waals surface area contributed by atoms with Gasteiger partial charge in [-0.25, -0.2) is 4.98 Å². The quantitative estimate of drug-likeness (QED) is 0.795. The molecule has 0 aliphatic carbocycles. The van der Waals surface area contributed by atoms with Gasteiger partial charge in [-0.15, -0.1) is 0 Å². The van der Waals surface area contributed by atoms with E-state index in [-0.39, 0.29) is 0 Å². The van der Waals surface area contributed by atoms with Crippen LogP contribution in [-0.2, 0) is 19.0 Å². The summed E-state index contributed by atoms with van der Waals surface area (Å²) in [6.45, 7) is 0.360. The average Bonchev–Trinajstić information content (AvgIpc) is 2.81. The van der Waals surface area contributed by atoms with E-state index in [2.05, 4.69) is 26.0 Å². The zero-order chi connectivity index (χ0) is 13.0. The summed E-state index contributed by atoms with van der Waals surface area (Å²) in [4.78, 5) is 4.11. The average molecular weight is 312 g/mol. The van der Waals surface area contributed by atoms with Gasteiger partial charge in [0, 0.05) is 12.4 Å². The minimum absolute atomic E-state index is 0.360. The number of benzene rings is 1. The van der Waals surface area contributed by atoms with Crippen molar-refractivity contribution in [2.24, 2.45) is 7.05 Å². The summed E-state index contributed by atoms with van der Waals surface area (Å²) in [6.07, 6.45) is 1.50. The normalized spacial score (nSPS) is 10.4. The molecule has 0 N–H and O–H groups in total. The zero-order valence-electron chi connectivity index (χ0n) is 10.3. The minimum Gasteiger partial charge on any atom is -0.493 e. The summed E-state index contributed by atoms with van der Waals surface area (Å²) in [5.74, 6) is 2.18. The van der Waals surface area contributed by atoms with Crippen LogP contribution in [0.15, 0.2) is 24.5 Å². The fourth-order valence-electron chi connectivity index (χ4n) is 1.51. The molecule has 1 aromatic carbocycles. The third-order valence-corrected chi connectivity index (χ3v) is 3.19. The fourth-order valence-corrected chi connectivity index (χ4v) is 1.86. The topological polar surface area (TPSA) is 49.2 Å². The van der Waals surface area contributed by atoms with Gasteiger partial charge in [0.15, 0.2) is 17.3 Å². The number of aryl methyl sites for hydroxylation is 1. The van der Waals surface area contributed by atoms with Crippen molar-refractivity contribution in [3.8, 4) is 11.5 Å². The van der Waals surface area contributed by atoms with Crippen LogP contribution in [0.3, 0.4) is 0 Å². The molecular formula is C12H14BrN3O2. The highest BCUT2D eigenvalue weighted by Gasteiger charge is 2.07. The second-order valence-corrected chi connectivity index (χ2v) is 4.27. The van der Waals surface area contributed by atoms with Crippen LogP contribution in [0.1, 0.15) is 11.4 Å². The Kier molecular flexibility index (Phi) is 4.19. The highest BCUT2D eigenvalue weighted by Crippen LogP contribution is 2.29. The molecule has 0 amide bonds. The lowest BCUT2D eigenvalue weighted by atomic mass is 10.2. The first-order valence-electron chi connectivity index (χ1n) is 5.43. The Morgan fingerprint density at radius 1 is 1.33 bits per heavy atom. The molecule has 0 saturated carbocycles. The highest BCUT2D eigenvalue weighted by atomic mass is 79.9. The summed E-state index contributed by atoms with van der Waals surface area (Å²) in [5, 5.41) is 4.77. The Morgan fingerprint density at radius 2 is 2.17 bits per heavy atom. The molecule has 0 radical (unpaired) electrons. The van der Waals surface area contributed by atoms with E-state index in [9.17, 15) is 0 Å². The van der Waals surface area contributed by atoms with Crippen LogP contribution < -0.4 is 9.47 Å². The molecule has 6 heteroatoms. The minimum atomic E-state index is 0.360. The highest BCUT2D eigenvalue weighted by molar-refractivity contribution is 9.08. The van der Waals surface area contributed by atoms with E-state index in [1.54, 1.807) is 11.8 Å². The van der Waals surface area contributed by atoms with Gasteiger partial charge in [0.25, 0.3) is 0 Å². The molecule has 96 valence electrons. The summed E-state index contributed by atoms with van der Waals surface area (Å²) >= 11 is 3.42. The maximum absolute atomic E-state index is 5.73. The first kappa shape index (κ1) is 12.9. The molecule has 0 aliphatic heterocycles. The van der Waals surface area contributed by atoms with E-state index in [0.29, 0.717) is 18.1 Å². The number of ether oxygens (including phenoxy) is 2. The molecule has 0 spiro atoms. The number of rotatable bonds is 5. The van der Waals surface area contributed by atoms with Gasteiger partial charge >= 0.3 is 0 Å². The van der Waals surface area contributed by atoms with Gasteiger partial charge in [-0.2, -0.15) is 5.10 Å². The zero-order valence-corrected chi connectivity index (χ0v) is 11.8. The maximum atomic E-state index is 5.73. The van der Waals surface area contributed by atoms with Crippen LogP contribution in [0.5, 0.6) is 11.5 Å². The van der Waals surface area contributed by atoms with Crippen molar-refractivity contribution in [2.75, 3.05) is 7.11 Å². The number of hydrogen-bond acceptors (Lipinski definition) is 4. The number of alkyl halides is 1. The first-order valence-corrected chi connectivity index (χ1v) is 6.55. The van der Waals surface area contributed by atoms with Crippen molar-refractivity contribution in [2.45, 2.75) is 11.9 Å². The predicted octanol–water partition coefficient (Wildman–Crippen LogP) is 2.30. The number of nitrogens with zero attached hydrogens (tertiary/aromatic N) is 3.